The zero-order valence-electron chi connectivity index (χ0n) is 14.7. The Balaban J connectivity index is 1.81. The molecule has 1 amide bonds. The lowest BCUT2D eigenvalue weighted by Gasteiger charge is -2.24. The van der Waals surface area contributed by atoms with Gasteiger partial charge in [-0.25, -0.2) is 18.4 Å². The van der Waals surface area contributed by atoms with Gasteiger partial charge in [0.2, 0.25) is 10.0 Å². The van der Waals surface area contributed by atoms with Crippen molar-refractivity contribution in [2.75, 3.05) is 0 Å². The molecule has 1 aliphatic carbocycles. The minimum Gasteiger partial charge on any atom is -0.447 e. The summed E-state index contributed by atoms with van der Waals surface area (Å²) >= 11 is 0. The average molecular weight is 368 g/mol. The van der Waals surface area contributed by atoms with Crippen molar-refractivity contribution in [2.45, 2.75) is 63.9 Å². The summed E-state index contributed by atoms with van der Waals surface area (Å²) in [4.78, 5) is 12.0. The Morgan fingerprint density at radius 2 is 1.88 bits per heavy atom. The molecule has 0 aromatic heterocycles. The van der Waals surface area contributed by atoms with E-state index in [2.05, 4.69) is 5.32 Å². The Bertz CT molecular complexity index is 669. The van der Waals surface area contributed by atoms with Crippen LogP contribution in [0.5, 0.6) is 0 Å². The number of hydrogen-bond donors (Lipinski definition) is 2. The van der Waals surface area contributed by atoms with Crippen LogP contribution in [-0.4, -0.2) is 20.6 Å². The quantitative estimate of drug-likeness (QED) is 0.772. The first-order valence-electron chi connectivity index (χ1n) is 8.85. The fourth-order valence-corrected chi connectivity index (χ4v) is 4.13. The number of hydrogen-bond acceptors (Lipinski definition) is 4. The molecule has 1 aromatic carbocycles. The molecule has 1 atom stereocenters. The summed E-state index contributed by atoms with van der Waals surface area (Å²) in [6.07, 6.45) is 6.58. The molecular weight excluding hydrogens is 340 g/mol. The third kappa shape index (κ3) is 7.44. The van der Waals surface area contributed by atoms with Gasteiger partial charge in [-0.05, 0) is 30.4 Å². The van der Waals surface area contributed by atoms with Crippen molar-refractivity contribution in [1.82, 2.24) is 5.32 Å². The van der Waals surface area contributed by atoms with Gasteiger partial charge in [0.05, 0.1) is 5.75 Å². The predicted molar refractivity (Wildman–Crippen MR) is 97.2 cm³/mol. The van der Waals surface area contributed by atoms with Crippen LogP contribution in [0.1, 0.15) is 56.6 Å². The van der Waals surface area contributed by atoms with E-state index in [1.807, 2.05) is 6.92 Å². The third-order valence-electron chi connectivity index (χ3n) is 4.60. The van der Waals surface area contributed by atoms with Crippen molar-refractivity contribution in [1.29, 1.82) is 0 Å². The van der Waals surface area contributed by atoms with Gasteiger partial charge in [0.1, 0.15) is 6.10 Å². The summed E-state index contributed by atoms with van der Waals surface area (Å²) in [6.45, 7) is 2.13. The van der Waals surface area contributed by atoms with E-state index in [-0.39, 0.29) is 18.4 Å². The van der Waals surface area contributed by atoms with Gasteiger partial charge in [-0.3, -0.25) is 0 Å². The minimum atomic E-state index is -3.62. The molecule has 1 aliphatic rings. The molecule has 1 aromatic rings. The number of primary sulfonamides is 1. The number of nitrogens with one attached hydrogen (secondary N) is 1. The van der Waals surface area contributed by atoms with Gasteiger partial charge in [-0.2, -0.15) is 0 Å². The topological polar surface area (TPSA) is 98.5 Å². The van der Waals surface area contributed by atoms with E-state index in [9.17, 15) is 13.2 Å². The van der Waals surface area contributed by atoms with E-state index >= 15 is 0 Å². The van der Waals surface area contributed by atoms with Crippen molar-refractivity contribution in [3.8, 4) is 0 Å². The summed E-state index contributed by atoms with van der Waals surface area (Å²) in [5.74, 6) is 0.393. The van der Waals surface area contributed by atoms with E-state index in [0.29, 0.717) is 17.0 Å². The number of sulfonamides is 1. The Morgan fingerprint density at radius 3 is 2.52 bits per heavy atom. The standard InChI is InChI=1S/C18H28N2O4S/c1-14(11-15-7-3-2-4-8-15)24-18(21)20-12-16-9-5-6-10-17(16)13-25(19,22)23/h5-6,9-10,14-15H,2-4,7-8,11-13H2,1H3,(H,20,21)(H2,19,22,23). The highest BCUT2D eigenvalue weighted by Gasteiger charge is 2.19. The molecule has 6 nitrogen and oxygen atoms in total. The largest absolute Gasteiger partial charge is 0.447 e. The molecule has 7 heteroatoms. The second-order valence-electron chi connectivity index (χ2n) is 6.89. The Hall–Kier alpha value is -1.60. The maximum Gasteiger partial charge on any atom is 0.407 e. The Kier molecular flexibility index (Phi) is 7.25. The molecule has 1 fully saturated rings. The number of amides is 1. The van der Waals surface area contributed by atoms with E-state index in [0.717, 1.165) is 6.42 Å². The summed E-state index contributed by atoms with van der Waals surface area (Å²) in [6, 6.07) is 7.00. The van der Waals surface area contributed by atoms with Crippen LogP contribution in [0.15, 0.2) is 24.3 Å². The first kappa shape index (κ1) is 19.7. The fraction of sp³-hybridized carbons (Fsp3) is 0.611. The van der Waals surface area contributed by atoms with Gasteiger partial charge in [0.25, 0.3) is 0 Å². The van der Waals surface area contributed by atoms with Crippen molar-refractivity contribution in [3.63, 3.8) is 0 Å². The van der Waals surface area contributed by atoms with Crippen LogP contribution in [-0.2, 0) is 27.1 Å². The number of alkyl carbamates (subject to hydrolysis) is 1. The lowest BCUT2D eigenvalue weighted by Crippen LogP contribution is -2.29. The summed E-state index contributed by atoms with van der Waals surface area (Å²) < 4.78 is 28.0. The molecule has 1 saturated carbocycles. The number of ether oxygens (including phenoxy) is 1. The van der Waals surface area contributed by atoms with Crippen LogP contribution in [0, 0.1) is 5.92 Å². The zero-order valence-corrected chi connectivity index (χ0v) is 15.6. The van der Waals surface area contributed by atoms with Crippen LogP contribution >= 0.6 is 0 Å². The van der Waals surface area contributed by atoms with Crippen molar-refractivity contribution in [3.05, 3.63) is 35.4 Å². The van der Waals surface area contributed by atoms with Gasteiger partial charge in [-0.15, -0.1) is 0 Å². The predicted octanol–water partition coefficient (Wildman–Crippen LogP) is 3.06. The minimum absolute atomic E-state index is 0.122. The molecule has 25 heavy (non-hydrogen) atoms. The highest BCUT2D eigenvalue weighted by Crippen LogP contribution is 2.27. The van der Waals surface area contributed by atoms with Gasteiger partial charge in [0, 0.05) is 6.54 Å². The lowest BCUT2D eigenvalue weighted by molar-refractivity contribution is 0.0871. The third-order valence-corrected chi connectivity index (χ3v) is 5.31. The molecular formula is C18H28N2O4S. The van der Waals surface area contributed by atoms with Crippen LogP contribution in [0.3, 0.4) is 0 Å². The molecule has 1 unspecified atom stereocenters. The van der Waals surface area contributed by atoms with Crippen molar-refractivity contribution < 1.29 is 17.9 Å². The summed E-state index contributed by atoms with van der Waals surface area (Å²) in [7, 11) is -3.62. The second-order valence-corrected chi connectivity index (χ2v) is 8.50. The van der Waals surface area contributed by atoms with Crippen molar-refractivity contribution >= 4 is 16.1 Å². The first-order valence-corrected chi connectivity index (χ1v) is 10.6. The summed E-state index contributed by atoms with van der Waals surface area (Å²) in [5.41, 5.74) is 1.30. The Morgan fingerprint density at radius 1 is 1.24 bits per heavy atom. The molecule has 3 N–H and O–H groups in total. The van der Waals surface area contributed by atoms with Gasteiger partial charge in [0.15, 0.2) is 0 Å². The average Bonchev–Trinajstić information content (AvgIpc) is 2.53. The number of carbonyl (C=O) groups is 1. The van der Waals surface area contributed by atoms with E-state index in [1.165, 1.54) is 32.1 Å². The highest BCUT2D eigenvalue weighted by molar-refractivity contribution is 7.88. The molecule has 0 saturated heterocycles. The number of carbonyl (C=O) groups excluding carboxylic acids is 1. The van der Waals surface area contributed by atoms with Crippen LogP contribution in [0.25, 0.3) is 0 Å². The molecule has 0 heterocycles. The lowest BCUT2D eigenvalue weighted by atomic mass is 9.86. The van der Waals surface area contributed by atoms with E-state index in [4.69, 9.17) is 9.88 Å². The van der Waals surface area contributed by atoms with E-state index < -0.39 is 16.1 Å². The monoisotopic (exact) mass is 368 g/mol. The molecule has 2 rings (SSSR count). The summed E-state index contributed by atoms with van der Waals surface area (Å²) in [5, 5.41) is 7.80. The molecule has 0 radical (unpaired) electrons. The van der Waals surface area contributed by atoms with E-state index in [1.54, 1.807) is 24.3 Å². The number of nitrogens with two attached hydrogens (primary N) is 1. The SMILES string of the molecule is CC(CC1CCCCC1)OC(=O)NCc1ccccc1CS(N)(=O)=O. The molecule has 140 valence electrons. The first-order chi connectivity index (χ1) is 11.8. The fourth-order valence-electron chi connectivity index (χ4n) is 3.42. The van der Waals surface area contributed by atoms with Gasteiger partial charge < -0.3 is 10.1 Å². The van der Waals surface area contributed by atoms with Gasteiger partial charge in [-0.1, -0.05) is 56.4 Å². The number of benzene rings is 1. The van der Waals surface area contributed by atoms with Crippen LogP contribution in [0.4, 0.5) is 4.79 Å². The molecule has 0 spiro atoms. The highest BCUT2D eigenvalue weighted by atomic mass is 32.2. The normalized spacial score (nSPS) is 17.0. The zero-order chi connectivity index (χ0) is 18.3. The maximum atomic E-state index is 12.0. The maximum absolute atomic E-state index is 12.0. The van der Waals surface area contributed by atoms with Crippen molar-refractivity contribution in [2.24, 2.45) is 11.1 Å². The smallest absolute Gasteiger partial charge is 0.407 e. The van der Waals surface area contributed by atoms with Crippen LogP contribution < -0.4 is 10.5 Å². The second kappa shape index (κ2) is 9.20. The molecule has 0 aliphatic heterocycles. The van der Waals surface area contributed by atoms with Crippen LogP contribution in [0.2, 0.25) is 0 Å². The molecule has 0 bridgehead atoms. The van der Waals surface area contributed by atoms with Gasteiger partial charge >= 0.3 is 6.09 Å². The number of rotatable bonds is 7. The Labute approximate surface area is 150 Å².